The van der Waals surface area contributed by atoms with Gasteiger partial charge in [-0.25, -0.2) is 18.7 Å². The van der Waals surface area contributed by atoms with Crippen LogP contribution in [0.4, 0.5) is 20.4 Å². The lowest BCUT2D eigenvalue weighted by Crippen LogP contribution is -2.16. The number of nitrogens with one attached hydrogen (secondary N) is 1. The summed E-state index contributed by atoms with van der Waals surface area (Å²) in [7, 11) is -0.484. The van der Waals surface area contributed by atoms with E-state index in [-0.39, 0.29) is 30.1 Å². The molecular formula is C23H22F2N4O3S. The Bertz CT molecular complexity index is 1220. The third-order valence-corrected chi connectivity index (χ3v) is 6.08. The Labute approximate surface area is 192 Å². The Morgan fingerprint density at radius 2 is 2.12 bits per heavy atom. The van der Waals surface area contributed by atoms with Crippen LogP contribution in [0.15, 0.2) is 47.0 Å². The number of fused-ring (bicyclic) bond motifs is 6. The molecule has 1 aliphatic rings. The van der Waals surface area contributed by atoms with Crippen LogP contribution in [0.25, 0.3) is 11.3 Å². The van der Waals surface area contributed by atoms with Crippen LogP contribution in [-0.2, 0) is 21.2 Å². The number of rotatable bonds is 3. The molecule has 1 N–H and O–H groups in total. The molecule has 10 heteroatoms. The zero-order valence-corrected chi connectivity index (χ0v) is 18.9. The molecule has 4 rings (SSSR count). The number of carbonyl (C=O) groups is 1. The van der Waals surface area contributed by atoms with E-state index >= 15 is 0 Å². The fraction of sp³-hybridized carbons (Fsp3) is 0.261. The molecule has 2 unspecified atom stereocenters. The Morgan fingerprint density at radius 3 is 2.94 bits per heavy atom. The van der Waals surface area contributed by atoms with Crippen LogP contribution in [-0.4, -0.2) is 35.3 Å². The molecule has 1 aromatic heterocycles. The molecule has 0 fully saturated rings. The van der Waals surface area contributed by atoms with E-state index in [1.165, 1.54) is 18.2 Å². The summed E-state index contributed by atoms with van der Waals surface area (Å²) in [5, 5.41) is 3.09. The Morgan fingerprint density at radius 1 is 1.27 bits per heavy atom. The van der Waals surface area contributed by atoms with Gasteiger partial charge < -0.3 is 14.8 Å². The quantitative estimate of drug-likeness (QED) is 0.551. The number of hydrogen-bond acceptors (Lipinski definition) is 6. The number of halogens is 2. The van der Waals surface area contributed by atoms with Gasteiger partial charge in [-0.2, -0.15) is 4.36 Å². The molecule has 7 nitrogen and oxygen atoms in total. The Balaban J connectivity index is 1.79. The molecule has 4 bridgehead atoms. The second-order valence-corrected chi connectivity index (χ2v) is 9.24. The lowest BCUT2D eigenvalue weighted by atomic mass is 10.1. The molecule has 1 aliphatic heterocycles. The van der Waals surface area contributed by atoms with Gasteiger partial charge in [0.1, 0.15) is 23.0 Å². The fourth-order valence-corrected chi connectivity index (χ4v) is 4.29. The predicted molar refractivity (Wildman–Crippen MR) is 123 cm³/mol. The topological polar surface area (TPSA) is 85.7 Å². The van der Waals surface area contributed by atoms with Gasteiger partial charge in [0, 0.05) is 35.6 Å². The van der Waals surface area contributed by atoms with Crippen LogP contribution in [0.3, 0.4) is 0 Å². The Kier molecular flexibility index (Phi) is 6.93. The smallest absolute Gasteiger partial charge is 0.238 e. The van der Waals surface area contributed by atoms with E-state index in [1.807, 2.05) is 25.3 Å². The first-order valence-corrected chi connectivity index (χ1v) is 12.0. The van der Waals surface area contributed by atoms with Crippen molar-refractivity contribution in [3.63, 3.8) is 0 Å². The van der Waals surface area contributed by atoms with Crippen LogP contribution in [0.1, 0.15) is 18.9 Å². The normalized spacial score (nSPS) is 16.4. The number of amides is 1. The van der Waals surface area contributed by atoms with E-state index in [0.29, 0.717) is 35.6 Å². The predicted octanol–water partition coefficient (Wildman–Crippen LogP) is 4.80. The second-order valence-electron chi connectivity index (χ2n) is 7.54. The molecule has 172 valence electrons. The number of anilines is 2. The number of nitrogens with zero attached hydrogens (tertiary/aromatic N) is 3. The van der Waals surface area contributed by atoms with Crippen molar-refractivity contribution in [3.8, 4) is 22.8 Å². The minimum absolute atomic E-state index is 0.000114. The molecule has 0 radical (unpaired) electrons. The van der Waals surface area contributed by atoms with Crippen LogP contribution < -0.4 is 14.8 Å². The van der Waals surface area contributed by atoms with E-state index in [1.54, 1.807) is 6.07 Å². The van der Waals surface area contributed by atoms with Crippen molar-refractivity contribution in [2.45, 2.75) is 25.2 Å². The van der Waals surface area contributed by atoms with Gasteiger partial charge in [0.25, 0.3) is 0 Å². The zero-order chi connectivity index (χ0) is 23.4. The van der Waals surface area contributed by atoms with Gasteiger partial charge in [-0.3, -0.25) is 4.79 Å². The molecular weight excluding hydrogens is 450 g/mol. The largest absolute Gasteiger partial charge is 0.493 e. The van der Waals surface area contributed by atoms with Crippen molar-refractivity contribution >= 4 is 28.7 Å². The minimum atomic E-state index is -0.652. The molecule has 0 saturated carbocycles. The standard InChI is InChI=1S/C23H22F2N4O3S/c1-14-5-6-31-21-9-16(24)3-4-19(21)22-20(25)11-26-23(29-22)28-17-7-15(8-18(10-17)32-14)12-33(2)27-13-30/h3-4,7-11,13-14H,5-6,12H2,1-2H3,(H,26,28,29). The summed E-state index contributed by atoms with van der Waals surface area (Å²) >= 11 is 0. The van der Waals surface area contributed by atoms with Gasteiger partial charge in [-0.1, -0.05) is 10.7 Å². The van der Waals surface area contributed by atoms with E-state index < -0.39 is 22.3 Å². The average Bonchev–Trinajstić information content (AvgIpc) is 2.75. The van der Waals surface area contributed by atoms with E-state index in [0.717, 1.165) is 11.8 Å². The van der Waals surface area contributed by atoms with Crippen LogP contribution in [0.5, 0.6) is 11.5 Å². The lowest BCUT2D eigenvalue weighted by Gasteiger charge is -2.19. The SMILES string of the molecule is CC1CCOc2cc(F)ccc2-c2nc(ncc2F)Nc2cc(C/S(C)=N\C=O)cc(c2)O1. The van der Waals surface area contributed by atoms with Crippen molar-refractivity contribution in [2.24, 2.45) is 4.36 Å². The van der Waals surface area contributed by atoms with Crippen molar-refractivity contribution in [1.29, 1.82) is 0 Å². The van der Waals surface area contributed by atoms with E-state index in [2.05, 4.69) is 19.6 Å². The molecule has 0 aliphatic carbocycles. The number of carbonyl (C=O) groups excluding carboxylic acids is 1. The van der Waals surface area contributed by atoms with Crippen molar-refractivity contribution in [2.75, 3.05) is 18.2 Å². The lowest BCUT2D eigenvalue weighted by molar-refractivity contribution is -0.106. The number of benzene rings is 2. The summed E-state index contributed by atoms with van der Waals surface area (Å²) in [6, 6.07) is 9.44. The maximum atomic E-state index is 14.7. The number of ether oxygens (including phenoxy) is 2. The van der Waals surface area contributed by atoms with E-state index in [4.69, 9.17) is 9.47 Å². The summed E-state index contributed by atoms with van der Waals surface area (Å²) in [5.74, 6) is 0.361. The van der Waals surface area contributed by atoms with Crippen LogP contribution in [0.2, 0.25) is 0 Å². The van der Waals surface area contributed by atoms with Gasteiger partial charge >= 0.3 is 0 Å². The molecule has 1 amide bonds. The van der Waals surface area contributed by atoms with Crippen molar-refractivity contribution < 1.29 is 23.0 Å². The average molecular weight is 473 g/mol. The fourth-order valence-electron chi connectivity index (χ4n) is 3.42. The summed E-state index contributed by atoms with van der Waals surface area (Å²) in [4.78, 5) is 19.1. The molecule has 0 saturated heterocycles. The first-order valence-electron chi connectivity index (χ1n) is 10.2. The third-order valence-electron chi connectivity index (χ3n) is 4.88. The second kappa shape index (κ2) is 10.0. The number of hydrogen-bond donors (Lipinski definition) is 1. The maximum Gasteiger partial charge on any atom is 0.238 e. The van der Waals surface area contributed by atoms with Gasteiger partial charge in [0.05, 0.1) is 18.9 Å². The van der Waals surface area contributed by atoms with E-state index in [9.17, 15) is 13.6 Å². The number of aromatic nitrogens is 2. The van der Waals surface area contributed by atoms with Crippen LogP contribution in [0, 0.1) is 11.6 Å². The molecule has 0 spiro atoms. The third kappa shape index (κ3) is 5.70. The molecule has 33 heavy (non-hydrogen) atoms. The summed E-state index contributed by atoms with van der Waals surface area (Å²) < 4.78 is 44.3. The van der Waals surface area contributed by atoms with Gasteiger partial charge in [-0.15, -0.1) is 0 Å². The molecule has 2 heterocycles. The highest BCUT2D eigenvalue weighted by molar-refractivity contribution is 7.86. The highest BCUT2D eigenvalue weighted by Crippen LogP contribution is 2.33. The first kappa shape index (κ1) is 22.8. The monoisotopic (exact) mass is 472 g/mol. The van der Waals surface area contributed by atoms with Crippen molar-refractivity contribution in [3.05, 3.63) is 59.8 Å². The maximum absolute atomic E-state index is 14.7. The van der Waals surface area contributed by atoms with Crippen LogP contribution >= 0.6 is 0 Å². The highest BCUT2D eigenvalue weighted by atomic mass is 32.2. The minimum Gasteiger partial charge on any atom is -0.493 e. The first-order chi connectivity index (χ1) is 15.9. The summed E-state index contributed by atoms with van der Waals surface area (Å²) in [6.45, 7) is 2.14. The molecule has 2 aromatic carbocycles. The van der Waals surface area contributed by atoms with Gasteiger partial charge in [0.15, 0.2) is 5.82 Å². The zero-order valence-electron chi connectivity index (χ0n) is 18.0. The van der Waals surface area contributed by atoms with Crippen molar-refractivity contribution in [1.82, 2.24) is 9.97 Å². The molecule has 3 aromatic rings. The van der Waals surface area contributed by atoms with Gasteiger partial charge in [0.2, 0.25) is 12.4 Å². The summed E-state index contributed by atoms with van der Waals surface area (Å²) in [5.41, 5.74) is 1.87. The van der Waals surface area contributed by atoms with Gasteiger partial charge in [-0.05, 0) is 43.0 Å². The molecule has 2 atom stereocenters. The highest BCUT2D eigenvalue weighted by Gasteiger charge is 2.17. The summed E-state index contributed by atoms with van der Waals surface area (Å²) in [6.07, 6.45) is 3.79. The Hall–Kier alpha value is -3.40.